The zero-order valence-corrected chi connectivity index (χ0v) is 9.74. The molecule has 0 aromatic heterocycles. The standard InChI is InChI=1S/C12H22N2O/c1-2-14-8-4-3-7-12(14)11(13-10-15)6-5-9-14/h10-12H,2-9H2,1H3/p+1. The fraction of sp³-hybridized carbons (Fsp3) is 0.917. The Morgan fingerprint density at radius 2 is 2.07 bits per heavy atom. The molecule has 2 aliphatic heterocycles. The summed E-state index contributed by atoms with van der Waals surface area (Å²) in [5.41, 5.74) is 0. The Labute approximate surface area is 92.4 Å². The van der Waals surface area contributed by atoms with E-state index in [1.165, 1.54) is 56.2 Å². The van der Waals surface area contributed by atoms with Gasteiger partial charge in [-0.25, -0.2) is 0 Å². The minimum absolute atomic E-state index is 0.441. The number of quaternary nitrogens is 1. The van der Waals surface area contributed by atoms with Crippen molar-refractivity contribution in [3.63, 3.8) is 0 Å². The van der Waals surface area contributed by atoms with Crippen LogP contribution in [0, 0.1) is 0 Å². The summed E-state index contributed by atoms with van der Waals surface area (Å²) in [5, 5.41) is 3.05. The summed E-state index contributed by atoms with van der Waals surface area (Å²) in [6, 6.07) is 1.14. The minimum Gasteiger partial charge on any atom is -0.350 e. The number of likely N-dealkylation sites (N-methyl/N-ethyl adjacent to an activating group) is 1. The SMILES string of the molecule is CC[N+]12CCCCC1C(NC=O)CCC2. The van der Waals surface area contributed by atoms with Gasteiger partial charge in [0.05, 0.1) is 25.7 Å². The van der Waals surface area contributed by atoms with Crippen molar-refractivity contribution in [3.05, 3.63) is 0 Å². The van der Waals surface area contributed by atoms with Gasteiger partial charge < -0.3 is 9.80 Å². The van der Waals surface area contributed by atoms with Crippen LogP contribution >= 0.6 is 0 Å². The van der Waals surface area contributed by atoms with Crippen molar-refractivity contribution in [1.29, 1.82) is 0 Å². The van der Waals surface area contributed by atoms with E-state index in [2.05, 4.69) is 12.2 Å². The molecule has 0 aromatic carbocycles. The predicted octanol–water partition coefficient (Wildman–Crippen LogP) is 1.28. The zero-order chi connectivity index (χ0) is 10.7. The fourth-order valence-electron chi connectivity index (χ4n) is 3.73. The number of amides is 1. The Balaban J connectivity index is 2.14. The van der Waals surface area contributed by atoms with E-state index in [9.17, 15) is 4.79 Å². The summed E-state index contributed by atoms with van der Waals surface area (Å²) in [5.74, 6) is 0. The highest BCUT2D eigenvalue weighted by atomic mass is 16.1. The van der Waals surface area contributed by atoms with Crippen LogP contribution in [0.3, 0.4) is 0 Å². The van der Waals surface area contributed by atoms with Crippen LogP contribution in [0.1, 0.15) is 39.0 Å². The van der Waals surface area contributed by atoms with Crippen molar-refractivity contribution >= 4 is 6.41 Å². The molecule has 3 heteroatoms. The first-order chi connectivity index (χ1) is 7.32. The molecule has 3 unspecified atom stereocenters. The molecule has 2 rings (SSSR count). The molecule has 2 saturated heterocycles. The molecule has 15 heavy (non-hydrogen) atoms. The zero-order valence-electron chi connectivity index (χ0n) is 9.74. The maximum atomic E-state index is 10.6. The molecule has 2 heterocycles. The smallest absolute Gasteiger partial charge is 0.207 e. The number of hydrogen-bond donors (Lipinski definition) is 1. The molecule has 0 saturated carbocycles. The molecule has 1 amide bonds. The molecule has 3 atom stereocenters. The monoisotopic (exact) mass is 211 g/mol. The van der Waals surface area contributed by atoms with Crippen LogP contribution < -0.4 is 5.32 Å². The van der Waals surface area contributed by atoms with Gasteiger partial charge in [-0.3, -0.25) is 4.79 Å². The fourth-order valence-corrected chi connectivity index (χ4v) is 3.73. The first kappa shape index (κ1) is 10.9. The number of fused-ring (bicyclic) bond motifs is 1. The maximum absolute atomic E-state index is 10.6. The van der Waals surface area contributed by atoms with Gasteiger partial charge in [0.25, 0.3) is 0 Å². The van der Waals surface area contributed by atoms with Gasteiger partial charge in [0.2, 0.25) is 6.41 Å². The van der Waals surface area contributed by atoms with Gasteiger partial charge in [0, 0.05) is 6.42 Å². The molecule has 0 aliphatic carbocycles. The number of nitrogens with one attached hydrogen (secondary N) is 1. The van der Waals surface area contributed by atoms with Crippen molar-refractivity contribution in [2.24, 2.45) is 0 Å². The number of nitrogens with zero attached hydrogens (tertiary/aromatic N) is 1. The van der Waals surface area contributed by atoms with E-state index in [1.807, 2.05) is 0 Å². The van der Waals surface area contributed by atoms with Crippen LogP contribution in [0.2, 0.25) is 0 Å². The Morgan fingerprint density at radius 3 is 2.80 bits per heavy atom. The van der Waals surface area contributed by atoms with Crippen molar-refractivity contribution in [1.82, 2.24) is 5.32 Å². The molecule has 2 fully saturated rings. The van der Waals surface area contributed by atoms with Crippen LogP contribution in [-0.2, 0) is 4.79 Å². The molecular formula is C12H23N2O+. The quantitative estimate of drug-likeness (QED) is 0.553. The second kappa shape index (κ2) is 4.52. The lowest BCUT2D eigenvalue weighted by molar-refractivity contribution is -0.960. The van der Waals surface area contributed by atoms with Crippen molar-refractivity contribution in [3.8, 4) is 0 Å². The molecule has 2 aliphatic rings. The molecule has 0 aromatic rings. The van der Waals surface area contributed by atoms with Crippen LogP contribution in [0.25, 0.3) is 0 Å². The van der Waals surface area contributed by atoms with Crippen molar-refractivity contribution in [2.45, 2.75) is 51.1 Å². The van der Waals surface area contributed by atoms with E-state index < -0.39 is 0 Å². The highest BCUT2D eigenvalue weighted by Gasteiger charge is 2.45. The molecule has 1 N–H and O–H groups in total. The third-order valence-electron chi connectivity index (χ3n) is 4.55. The van der Waals surface area contributed by atoms with E-state index >= 15 is 0 Å². The maximum Gasteiger partial charge on any atom is 0.207 e. The summed E-state index contributed by atoms with van der Waals surface area (Å²) in [6.07, 6.45) is 7.38. The number of hydrogen-bond acceptors (Lipinski definition) is 1. The van der Waals surface area contributed by atoms with Gasteiger partial charge in [-0.05, 0) is 32.6 Å². The molecule has 3 nitrogen and oxygen atoms in total. The Morgan fingerprint density at radius 1 is 1.27 bits per heavy atom. The van der Waals surface area contributed by atoms with E-state index in [0.29, 0.717) is 12.1 Å². The van der Waals surface area contributed by atoms with Crippen molar-refractivity contribution < 1.29 is 9.28 Å². The van der Waals surface area contributed by atoms with Crippen LogP contribution in [0.4, 0.5) is 0 Å². The summed E-state index contributed by atoms with van der Waals surface area (Å²) in [4.78, 5) is 10.6. The number of piperidine rings is 2. The molecule has 0 radical (unpaired) electrons. The summed E-state index contributed by atoms with van der Waals surface area (Å²) >= 11 is 0. The van der Waals surface area contributed by atoms with E-state index in [1.54, 1.807) is 0 Å². The molecule has 86 valence electrons. The van der Waals surface area contributed by atoms with Crippen LogP contribution in [0.15, 0.2) is 0 Å². The third kappa shape index (κ3) is 1.89. The normalized spacial score (nSPS) is 40.6. The van der Waals surface area contributed by atoms with Crippen molar-refractivity contribution in [2.75, 3.05) is 19.6 Å². The third-order valence-corrected chi connectivity index (χ3v) is 4.55. The first-order valence-corrected chi connectivity index (χ1v) is 6.38. The average Bonchev–Trinajstić information content (AvgIpc) is 2.30. The van der Waals surface area contributed by atoms with E-state index in [4.69, 9.17) is 0 Å². The topological polar surface area (TPSA) is 29.1 Å². The first-order valence-electron chi connectivity index (χ1n) is 6.38. The Bertz CT molecular complexity index is 228. The number of carbonyl (C=O) groups excluding carboxylic acids is 1. The van der Waals surface area contributed by atoms with E-state index in [0.717, 1.165) is 6.41 Å². The molecule has 0 spiro atoms. The Kier molecular flexibility index (Phi) is 3.29. The number of rotatable bonds is 3. The number of carbonyl (C=O) groups is 1. The highest BCUT2D eigenvalue weighted by Crippen LogP contribution is 2.33. The lowest BCUT2D eigenvalue weighted by Gasteiger charge is -2.52. The van der Waals surface area contributed by atoms with Gasteiger partial charge >= 0.3 is 0 Å². The highest BCUT2D eigenvalue weighted by molar-refractivity contribution is 5.46. The lowest BCUT2D eigenvalue weighted by Crippen LogP contribution is -2.67. The van der Waals surface area contributed by atoms with E-state index in [-0.39, 0.29) is 0 Å². The molecule has 0 bridgehead atoms. The second-order valence-electron chi connectivity index (χ2n) is 5.08. The summed E-state index contributed by atoms with van der Waals surface area (Å²) < 4.78 is 1.27. The second-order valence-corrected chi connectivity index (χ2v) is 5.08. The van der Waals surface area contributed by atoms with Gasteiger partial charge in [-0.15, -0.1) is 0 Å². The van der Waals surface area contributed by atoms with Gasteiger partial charge in [0.15, 0.2) is 0 Å². The Hall–Kier alpha value is -0.570. The lowest BCUT2D eigenvalue weighted by atomic mass is 9.85. The minimum atomic E-state index is 0.441. The van der Waals surface area contributed by atoms with Gasteiger partial charge in [-0.1, -0.05) is 0 Å². The average molecular weight is 211 g/mol. The van der Waals surface area contributed by atoms with Gasteiger partial charge in [0.1, 0.15) is 6.04 Å². The summed E-state index contributed by atoms with van der Waals surface area (Å²) in [7, 11) is 0. The van der Waals surface area contributed by atoms with Crippen LogP contribution in [0.5, 0.6) is 0 Å². The van der Waals surface area contributed by atoms with Gasteiger partial charge in [-0.2, -0.15) is 0 Å². The summed E-state index contributed by atoms with van der Waals surface area (Å²) in [6.45, 7) is 6.21. The largest absolute Gasteiger partial charge is 0.350 e. The molecular weight excluding hydrogens is 188 g/mol. The van der Waals surface area contributed by atoms with Crippen LogP contribution in [-0.4, -0.2) is 42.6 Å². The predicted molar refractivity (Wildman–Crippen MR) is 60.4 cm³/mol.